The molecular formula is C20H16BrN3O5. The maximum atomic E-state index is 12.0. The molecule has 0 saturated carbocycles. The largest absolute Gasteiger partial charge is 0.497 e. The van der Waals surface area contributed by atoms with E-state index in [0.29, 0.717) is 21.6 Å². The highest BCUT2D eigenvalue weighted by Crippen LogP contribution is 2.32. The molecule has 0 aliphatic carbocycles. The van der Waals surface area contributed by atoms with Gasteiger partial charge in [0.25, 0.3) is 5.69 Å². The SMILES string of the molecule is COc1ccc(CC(=O)N/N=C/c2ccc(-c3ccc([N+](=O)[O-])cc3Br)o2)cc1. The molecule has 0 radical (unpaired) electrons. The summed E-state index contributed by atoms with van der Waals surface area (Å²) in [5, 5.41) is 14.7. The van der Waals surface area contributed by atoms with Crippen LogP contribution in [-0.4, -0.2) is 24.2 Å². The quantitative estimate of drug-likeness (QED) is 0.323. The number of hydrazone groups is 1. The van der Waals surface area contributed by atoms with Crippen LogP contribution in [-0.2, 0) is 11.2 Å². The number of methoxy groups -OCH3 is 1. The summed E-state index contributed by atoms with van der Waals surface area (Å²) >= 11 is 3.31. The third kappa shape index (κ3) is 5.29. The van der Waals surface area contributed by atoms with Crippen molar-refractivity contribution >= 4 is 33.7 Å². The van der Waals surface area contributed by atoms with E-state index in [0.717, 1.165) is 11.3 Å². The number of nitrogens with zero attached hydrogens (tertiary/aromatic N) is 2. The topological polar surface area (TPSA) is 107 Å². The van der Waals surface area contributed by atoms with Crippen molar-refractivity contribution in [3.63, 3.8) is 0 Å². The number of nitrogens with one attached hydrogen (secondary N) is 1. The van der Waals surface area contributed by atoms with Gasteiger partial charge in [0.15, 0.2) is 0 Å². The van der Waals surface area contributed by atoms with Crippen LogP contribution in [0.4, 0.5) is 5.69 Å². The summed E-state index contributed by atoms with van der Waals surface area (Å²) in [7, 11) is 1.58. The van der Waals surface area contributed by atoms with E-state index in [4.69, 9.17) is 9.15 Å². The van der Waals surface area contributed by atoms with Crippen LogP contribution in [0.2, 0.25) is 0 Å². The average Bonchev–Trinajstić information content (AvgIpc) is 3.17. The predicted octanol–water partition coefficient (Wildman–Crippen LogP) is 4.32. The number of ether oxygens (including phenoxy) is 1. The summed E-state index contributed by atoms with van der Waals surface area (Å²) in [6.45, 7) is 0. The first-order chi connectivity index (χ1) is 14.0. The van der Waals surface area contributed by atoms with Gasteiger partial charge < -0.3 is 9.15 Å². The fraction of sp³-hybridized carbons (Fsp3) is 0.100. The van der Waals surface area contributed by atoms with Gasteiger partial charge in [0, 0.05) is 22.2 Å². The number of rotatable bonds is 7. The molecule has 0 atom stereocenters. The highest BCUT2D eigenvalue weighted by molar-refractivity contribution is 9.10. The van der Waals surface area contributed by atoms with E-state index in [2.05, 4.69) is 26.5 Å². The summed E-state index contributed by atoms with van der Waals surface area (Å²) < 4.78 is 11.3. The van der Waals surface area contributed by atoms with E-state index in [9.17, 15) is 14.9 Å². The Morgan fingerprint density at radius 1 is 1.24 bits per heavy atom. The van der Waals surface area contributed by atoms with Crippen molar-refractivity contribution in [3.05, 3.63) is 80.5 Å². The molecule has 0 aliphatic rings. The molecule has 148 valence electrons. The van der Waals surface area contributed by atoms with Gasteiger partial charge in [-0.25, -0.2) is 5.43 Å². The second-order valence-electron chi connectivity index (χ2n) is 5.94. The van der Waals surface area contributed by atoms with E-state index < -0.39 is 4.92 Å². The third-order valence-corrected chi connectivity index (χ3v) is 4.62. The molecule has 0 saturated heterocycles. The van der Waals surface area contributed by atoms with Crippen LogP contribution in [0.15, 0.2) is 68.6 Å². The molecule has 0 spiro atoms. The van der Waals surface area contributed by atoms with Gasteiger partial charge in [0.2, 0.25) is 5.91 Å². The predicted molar refractivity (Wildman–Crippen MR) is 111 cm³/mol. The van der Waals surface area contributed by atoms with E-state index >= 15 is 0 Å². The number of non-ortho nitro benzene ring substituents is 1. The summed E-state index contributed by atoms with van der Waals surface area (Å²) in [5.74, 6) is 1.39. The number of nitro groups is 1. The number of furan rings is 1. The summed E-state index contributed by atoms with van der Waals surface area (Å²) in [6, 6.07) is 15.0. The van der Waals surface area contributed by atoms with Crippen molar-refractivity contribution in [1.29, 1.82) is 0 Å². The monoisotopic (exact) mass is 457 g/mol. The molecule has 1 aromatic heterocycles. The molecule has 0 unspecified atom stereocenters. The number of carbonyl (C=O) groups is 1. The van der Waals surface area contributed by atoms with Crippen LogP contribution in [0.3, 0.4) is 0 Å². The van der Waals surface area contributed by atoms with E-state index in [-0.39, 0.29) is 18.0 Å². The number of carbonyl (C=O) groups excluding carboxylic acids is 1. The molecule has 0 bridgehead atoms. The lowest BCUT2D eigenvalue weighted by Gasteiger charge is -2.02. The van der Waals surface area contributed by atoms with E-state index in [1.54, 1.807) is 37.4 Å². The lowest BCUT2D eigenvalue weighted by molar-refractivity contribution is -0.384. The molecule has 1 amide bonds. The van der Waals surface area contributed by atoms with Crippen molar-refractivity contribution in [2.75, 3.05) is 7.11 Å². The Morgan fingerprint density at radius 3 is 2.66 bits per heavy atom. The van der Waals surface area contributed by atoms with Crippen LogP contribution in [0.5, 0.6) is 5.75 Å². The second kappa shape index (κ2) is 9.16. The zero-order chi connectivity index (χ0) is 20.8. The summed E-state index contributed by atoms with van der Waals surface area (Å²) in [6.07, 6.45) is 1.56. The number of halogens is 1. The van der Waals surface area contributed by atoms with Gasteiger partial charge in [-0.2, -0.15) is 5.10 Å². The van der Waals surface area contributed by atoms with Crippen LogP contribution >= 0.6 is 15.9 Å². The first kappa shape index (κ1) is 20.3. The van der Waals surface area contributed by atoms with Crippen LogP contribution < -0.4 is 10.2 Å². The molecule has 0 fully saturated rings. The van der Waals surface area contributed by atoms with Crippen molar-refractivity contribution in [1.82, 2.24) is 5.43 Å². The van der Waals surface area contributed by atoms with Crippen LogP contribution in [0.25, 0.3) is 11.3 Å². The molecule has 2 aromatic carbocycles. The zero-order valence-electron chi connectivity index (χ0n) is 15.3. The zero-order valence-corrected chi connectivity index (χ0v) is 16.9. The van der Waals surface area contributed by atoms with E-state index in [1.165, 1.54) is 18.3 Å². The third-order valence-electron chi connectivity index (χ3n) is 3.96. The highest BCUT2D eigenvalue weighted by Gasteiger charge is 2.13. The first-order valence-corrected chi connectivity index (χ1v) is 9.24. The molecule has 8 nitrogen and oxygen atoms in total. The first-order valence-electron chi connectivity index (χ1n) is 8.45. The lowest BCUT2D eigenvalue weighted by atomic mass is 10.1. The minimum atomic E-state index is -0.469. The maximum absolute atomic E-state index is 12.0. The van der Waals surface area contributed by atoms with Gasteiger partial charge in [0.1, 0.15) is 17.3 Å². The number of hydrogen-bond acceptors (Lipinski definition) is 6. The average molecular weight is 458 g/mol. The molecule has 3 rings (SSSR count). The van der Waals surface area contributed by atoms with Gasteiger partial charge in [0.05, 0.1) is 24.7 Å². The number of benzene rings is 2. The molecule has 1 heterocycles. The van der Waals surface area contributed by atoms with Crippen molar-refractivity contribution in [3.8, 4) is 17.1 Å². The Morgan fingerprint density at radius 2 is 2.00 bits per heavy atom. The Bertz CT molecular complexity index is 1060. The van der Waals surface area contributed by atoms with Crippen molar-refractivity contribution in [2.45, 2.75) is 6.42 Å². The number of nitro benzene ring substituents is 1. The summed E-state index contributed by atoms with van der Waals surface area (Å²) in [4.78, 5) is 22.3. The molecule has 9 heteroatoms. The smallest absolute Gasteiger partial charge is 0.270 e. The lowest BCUT2D eigenvalue weighted by Crippen LogP contribution is -2.19. The Balaban J connectivity index is 1.60. The van der Waals surface area contributed by atoms with Gasteiger partial charge in [-0.05, 0) is 51.8 Å². The van der Waals surface area contributed by atoms with Crippen molar-refractivity contribution in [2.24, 2.45) is 5.10 Å². The maximum Gasteiger partial charge on any atom is 0.270 e. The molecule has 3 aromatic rings. The highest BCUT2D eigenvalue weighted by atomic mass is 79.9. The van der Waals surface area contributed by atoms with Gasteiger partial charge in [-0.3, -0.25) is 14.9 Å². The Labute approximate surface area is 174 Å². The van der Waals surface area contributed by atoms with Crippen LogP contribution in [0.1, 0.15) is 11.3 Å². The minimum absolute atomic E-state index is 0.0199. The molecular weight excluding hydrogens is 442 g/mol. The number of hydrogen-bond donors (Lipinski definition) is 1. The Hall–Kier alpha value is -3.46. The molecule has 0 aliphatic heterocycles. The summed E-state index contributed by atoms with van der Waals surface area (Å²) in [5.41, 5.74) is 3.92. The Kier molecular flexibility index (Phi) is 6.40. The second-order valence-corrected chi connectivity index (χ2v) is 6.80. The van der Waals surface area contributed by atoms with Crippen LogP contribution in [0, 0.1) is 10.1 Å². The molecule has 29 heavy (non-hydrogen) atoms. The van der Waals surface area contributed by atoms with Crippen molar-refractivity contribution < 1.29 is 18.9 Å². The van der Waals surface area contributed by atoms with E-state index in [1.807, 2.05) is 12.1 Å². The normalized spacial score (nSPS) is 10.8. The van der Waals surface area contributed by atoms with Gasteiger partial charge in [-0.1, -0.05) is 12.1 Å². The fourth-order valence-electron chi connectivity index (χ4n) is 2.52. The number of amides is 1. The van der Waals surface area contributed by atoms with Gasteiger partial charge >= 0.3 is 0 Å². The fourth-order valence-corrected chi connectivity index (χ4v) is 3.08. The molecule has 1 N–H and O–H groups in total. The standard InChI is InChI=1S/C20H16BrN3O5/c1-28-15-5-2-13(3-6-15)10-20(25)23-22-12-16-7-9-19(29-16)17-8-4-14(24(26)27)11-18(17)21/h2-9,11-12H,10H2,1H3,(H,23,25)/b22-12+. The van der Waals surface area contributed by atoms with Gasteiger partial charge in [-0.15, -0.1) is 0 Å². The minimum Gasteiger partial charge on any atom is -0.497 e.